The summed E-state index contributed by atoms with van der Waals surface area (Å²) in [5.41, 5.74) is 8.79. The van der Waals surface area contributed by atoms with Crippen LogP contribution in [0.3, 0.4) is 0 Å². The van der Waals surface area contributed by atoms with Crippen LogP contribution < -0.4 is 0 Å². The minimum atomic E-state index is -1.93. The summed E-state index contributed by atoms with van der Waals surface area (Å²) in [6.45, 7) is 19.4. The molecule has 8 nitrogen and oxygen atoms in total. The van der Waals surface area contributed by atoms with Gasteiger partial charge in [-0.3, -0.25) is 0 Å². The number of ether oxygens (including phenoxy) is 2. The van der Waals surface area contributed by atoms with Crippen molar-refractivity contribution in [2.75, 3.05) is 13.7 Å². The molecular formula is C16H37N3O5Si3. The quantitative estimate of drug-likeness (QED) is 0.232. The fraction of sp³-hybridized carbons (Fsp3) is 1.00. The molecule has 0 spiro atoms. The number of hydrogen-bond donors (Lipinski definition) is 0. The van der Waals surface area contributed by atoms with E-state index in [4.69, 9.17) is 28.3 Å². The SMILES string of the molecule is CO[C@H]1O[C@H](CN=[N+]=[N-])[C@@H](O[Si](C)(C)C)[C@H](O[Si](C)(C)C)[C@H]1O[Si](C)(C)C. The van der Waals surface area contributed by atoms with Gasteiger partial charge in [0.05, 0.1) is 18.8 Å². The van der Waals surface area contributed by atoms with Crippen LogP contribution in [0.5, 0.6) is 0 Å². The second-order valence-electron chi connectivity index (χ2n) is 9.78. The first-order chi connectivity index (χ1) is 12.2. The minimum Gasteiger partial charge on any atom is -0.409 e. The molecule has 0 saturated carbocycles. The van der Waals surface area contributed by atoms with Gasteiger partial charge in [0.1, 0.15) is 12.2 Å². The molecule has 1 heterocycles. The molecule has 0 aliphatic carbocycles. The minimum absolute atomic E-state index is 0.163. The lowest BCUT2D eigenvalue weighted by molar-refractivity contribution is -0.276. The van der Waals surface area contributed by atoms with Crippen molar-refractivity contribution in [3.05, 3.63) is 10.4 Å². The van der Waals surface area contributed by atoms with E-state index >= 15 is 0 Å². The normalized spacial score (nSPS) is 30.1. The Labute approximate surface area is 166 Å². The molecule has 5 atom stereocenters. The third kappa shape index (κ3) is 8.75. The summed E-state index contributed by atoms with van der Waals surface area (Å²) >= 11 is 0. The van der Waals surface area contributed by atoms with E-state index in [0.717, 1.165) is 0 Å². The molecule has 11 heteroatoms. The Bertz CT molecular complexity index is 527. The van der Waals surface area contributed by atoms with Crippen molar-refractivity contribution >= 4 is 25.0 Å². The van der Waals surface area contributed by atoms with Gasteiger partial charge in [-0.15, -0.1) is 0 Å². The smallest absolute Gasteiger partial charge is 0.185 e. The van der Waals surface area contributed by atoms with Crippen molar-refractivity contribution in [1.82, 2.24) is 0 Å². The van der Waals surface area contributed by atoms with Crippen LogP contribution in [0.4, 0.5) is 0 Å². The van der Waals surface area contributed by atoms with Crippen LogP contribution in [-0.2, 0) is 22.8 Å². The molecule has 0 unspecified atom stereocenters. The molecule has 0 bridgehead atoms. The fourth-order valence-corrected chi connectivity index (χ4v) is 6.21. The molecule has 0 aromatic carbocycles. The van der Waals surface area contributed by atoms with Crippen LogP contribution in [0.1, 0.15) is 0 Å². The van der Waals surface area contributed by atoms with Crippen LogP contribution in [0.25, 0.3) is 10.4 Å². The summed E-state index contributed by atoms with van der Waals surface area (Å²) < 4.78 is 31.3. The maximum Gasteiger partial charge on any atom is 0.185 e. The summed E-state index contributed by atoms with van der Waals surface area (Å²) in [6, 6.07) is 0. The van der Waals surface area contributed by atoms with E-state index < -0.39 is 43.5 Å². The highest BCUT2D eigenvalue weighted by molar-refractivity contribution is 6.70. The second kappa shape index (κ2) is 9.51. The standard InChI is InChI=1S/C16H37N3O5Si3/c1-20-16-15(24-27(8,9)10)14(23-26(5,6)7)13(22-25(2,3)4)12(21-16)11-18-19-17/h12-16H,11H2,1-10H3/t12-,13-,14+,15-,16+/m1/s1. The number of rotatable bonds is 9. The molecule has 0 N–H and O–H groups in total. The Balaban J connectivity index is 3.36. The third-order valence-corrected chi connectivity index (χ3v) is 6.56. The fourth-order valence-electron chi connectivity index (χ4n) is 2.96. The predicted molar refractivity (Wildman–Crippen MR) is 114 cm³/mol. The van der Waals surface area contributed by atoms with Gasteiger partial charge < -0.3 is 22.8 Å². The zero-order chi connectivity index (χ0) is 21.0. The van der Waals surface area contributed by atoms with Crippen molar-refractivity contribution in [2.45, 2.75) is 89.6 Å². The van der Waals surface area contributed by atoms with E-state index in [1.54, 1.807) is 7.11 Å². The molecule has 1 rings (SSSR count). The summed E-state index contributed by atoms with van der Waals surface area (Å²) in [6.07, 6.45) is -2.15. The first kappa shape index (κ1) is 24.8. The largest absolute Gasteiger partial charge is 0.409 e. The highest BCUT2D eigenvalue weighted by atomic mass is 28.4. The van der Waals surface area contributed by atoms with Crippen molar-refractivity contribution in [2.24, 2.45) is 5.11 Å². The van der Waals surface area contributed by atoms with Crippen molar-refractivity contribution in [3.8, 4) is 0 Å². The van der Waals surface area contributed by atoms with Gasteiger partial charge in [-0.25, -0.2) is 0 Å². The highest BCUT2D eigenvalue weighted by Crippen LogP contribution is 2.33. The van der Waals surface area contributed by atoms with Gasteiger partial charge in [0.15, 0.2) is 31.2 Å². The predicted octanol–water partition coefficient (Wildman–Crippen LogP) is 4.33. The molecule has 1 fully saturated rings. The van der Waals surface area contributed by atoms with E-state index in [-0.39, 0.29) is 18.8 Å². The van der Waals surface area contributed by atoms with Crippen molar-refractivity contribution < 1.29 is 22.8 Å². The number of nitrogens with zero attached hydrogens (tertiary/aromatic N) is 3. The van der Waals surface area contributed by atoms with Crippen molar-refractivity contribution in [3.63, 3.8) is 0 Å². The average molecular weight is 436 g/mol. The number of hydrogen-bond acceptors (Lipinski definition) is 6. The van der Waals surface area contributed by atoms with Crippen LogP contribution in [0, 0.1) is 0 Å². The van der Waals surface area contributed by atoms with Crippen LogP contribution in [0.15, 0.2) is 5.11 Å². The first-order valence-electron chi connectivity index (χ1n) is 9.39. The average Bonchev–Trinajstić information content (AvgIpc) is 2.45. The molecule has 0 aromatic rings. The van der Waals surface area contributed by atoms with Crippen LogP contribution >= 0.6 is 0 Å². The molecule has 27 heavy (non-hydrogen) atoms. The Morgan fingerprint density at radius 2 is 1.26 bits per heavy atom. The topological polar surface area (TPSA) is 94.9 Å². The molecule has 1 saturated heterocycles. The summed E-state index contributed by atoms with van der Waals surface area (Å²) in [4.78, 5) is 2.89. The van der Waals surface area contributed by atoms with Crippen LogP contribution in [-0.4, -0.2) is 69.3 Å². The molecule has 0 radical (unpaired) electrons. The Hall–Kier alpha value is -0.239. The molecule has 0 aromatic heterocycles. The highest BCUT2D eigenvalue weighted by Gasteiger charge is 2.51. The molecular weight excluding hydrogens is 398 g/mol. The summed E-state index contributed by atoms with van der Waals surface area (Å²) in [7, 11) is -4.16. The third-order valence-electron chi connectivity index (χ3n) is 3.62. The van der Waals surface area contributed by atoms with E-state index in [1.807, 2.05) is 0 Å². The van der Waals surface area contributed by atoms with Gasteiger partial charge in [-0.05, 0) is 64.5 Å². The van der Waals surface area contributed by atoms with E-state index in [2.05, 4.69) is 68.9 Å². The lowest BCUT2D eigenvalue weighted by atomic mass is 9.99. The lowest BCUT2D eigenvalue weighted by Gasteiger charge is -2.50. The molecule has 0 amide bonds. The molecule has 158 valence electrons. The van der Waals surface area contributed by atoms with Gasteiger partial charge >= 0.3 is 0 Å². The van der Waals surface area contributed by atoms with E-state index in [1.165, 1.54) is 0 Å². The Kier molecular flexibility index (Phi) is 8.73. The summed E-state index contributed by atoms with van der Waals surface area (Å²) in [5.74, 6) is 0. The van der Waals surface area contributed by atoms with Gasteiger partial charge in [0.2, 0.25) is 0 Å². The number of azide groups is 1. The Morgan fingerprint density at radius 1 is 0.815 bits per heavy atom. The van der Waals surface area contributed by atoms with E-state index in [9.17, 15) is 0 Å². The molecule has 1 aliphatic heterocycles. The lowest BCUT2D eigenvalue weighted by Crippen LogP contribution is -2.65. The monoisotopic (exact) mass is 435 g/mol. The van der Waals surface area contributed by atoms with Gasteiger partial charge in [-0.2, -0.15) is 0 Å². The van der Waals surface area contributed by atoms with Crippen molar-refractivity contribution in [1.29, 1.82) is 0 Å². The zero-order valence-electron chi connectivity index (χ0n) is 18.5. The van der Waals surface area contributed by atoms with Gasteiger partial charge in [0, 0.05) is 12.0 Å². The maximum atomic E-state index is 8.79. The maximum absolute atomic E-state index is 8.79. The van der Waals surface area contributed by atoms with E-state index in [0.29, 0.717) is 0 Å². The van der Waals surface area contributed by atoms with Gasteiger partial charge in [-0.1, -0.05) is 5.11 Å². The number of methoxy groups -OCH3 is 1. The second-order valence-corrected chi connectivity index (χ2v) is 23.2. The van der Waals surface area contributed by atoms with Crippen LogP contribution in [0.2, 0.25) is 58.9 Å². The zero-order valence-corrected chi connectivity index (χ0v) is 21.5. The van der Waals surface area contributed by atoms with Gasteiger partial charge in [0.25, 0.3) is 0 Å². The Morgan fingerprint density at radius 3 is 1.67 bits per heavy atom. The first-order valence-corrected chi connectivity index (χ1v) is 19.6. The molecule has 1 aliphatic rings. The summed E-state index contributed by atoms with van der Waals surface area (Å²) in [5, 5.41) is 3.73.